The highest BCUT2D eigenvalue weighted by Crippen LogP contribution is 2.37. The van der Waals surface area contributed by atoms with E-state index in [9.17, 15) is 9.59 Å². The van der Waals surface area contributed by atoms with Gasteiger partial charge in [0.1, 0.15) is 5.82 Å². The van der Waals surface area contributed by atoms with E-state index in [4.69, 9.17) is 17.3 Å². The van der Waals surface area contributed by atoms with Gasteiger partial charge in [-0.2, -0.15) is 0 Å². The van der Waals surface area contributed by atoms with E-state index in [0.717, 1.165) is 11.1 Å². The van der Waals surface area contributed by atoms with Gasteiger partial charge < -0.3 is 20.4 Å². The summed E-state index contributed by atoms with van der Waals surface area (Å²) in [7, 11) is 0. The highest BCUT2D eigenvalue weighted by molar-refractivity contribution is 6.30. The van der Waals surface area contributed by atoms with Crippen LogP contribution in [0.2, 0.25) is 5.02 Å². The van der Waals surface area contributed by atoms with Crippen molar-refractivity contribution in [1.82, 2.24) is 9.80 Å². The van der Waals surface area contributed by atoms with E-state index < -0.39 is 0 Å². The molecule has 2 aliphatic rings. The molecule has 3 aromatic rings. The van der Waals surface area contributed by atoms with Crippen molar-refractivity contribution in [2.24, 2.45) is 17.6 Å². The molecule has 3 atom stereocenters. The average molecular weight is 563 g/mol. The molecule has 0 bridgehead atoms. The van der Waals surface area contributed by atoms with Crippen LogP contribution in [0.15, 0.2) is 72.8 Å². The van der Waals surface area contributed by atoms with Crippen LogP contribution in [0.25, 0.3) is 0 Å². The molecule has 6 nitrogen and oxygen atoms in total. The smallest absolute Gasteiger partial charge is 0.253 e. The van der Waals surface area contributed by atoms with E-state index in [1.807, 2.05) is 72.2 Å². The summed E-state index contributed by atoms with van der Waals surface area (Å²) in [4.78, 5) is 33.0. The van der Waals surface area contributed by atoms with E-state index in [1.54, 1.807) is 23.1 Å². The molecule has 210 valence electrons. The zero-order valence-electron chi connectivity index (χ0n) is 23.0. The third-order valence-corrected chi connectivity index (χ3v) is 8.50. The van der Waals surface area contributed by atoms with Crippen molar-refractivity contribution in [3.05, 3.63) is 100 Å². The van der Waals surface area contributed by atoms with Crippen LogP contribution in [0.3, 0.4) is 0 Å². The number of halogens is 2. The number of anilines is 1. The molecule has 0 radical (unpaired) electrons. The Morgan fingerprint density at radius 2 is 1.55 bits per heavy atom. The summed E-state index contributed by atoms with van der Waals surface area (Å²) in [6.45, 7) is 6.82. The van der Waals surface area contributed by atoms with Gasteiger partial charge in [-0.3, -0.25) is 9.59 Å². The minimum absolute atomic E-state index is 0.0237. The van der Waals surface area contributed by atoms with Crippen LogP contribution in [0.4, 0.5) is 10.1 Å². The van der Waals surface area contributed by atoms with E-state index in [1.165, 1.54) is 6.07 Å². The molecule has 2 heterocycles. The maximum Gasteiger partial charge on any atom is 0.253 e. The molecular formula is C32H36ClFN4O2. The van der Waals surface area contributed by atoms with Gasteiger partial charge in [0.25, 0.3) is 5.91 Å². The number of benzene rings is 3. The zero-order chi connectivity index (χ0) is 28.4. The number of likely N-dealkylation sites (tertiary alicyclic amines) is 1. The van der Waals surface area contributed by atoms with E-state index in [2.05, 4.69) is 0 Å². The first-order chi connectivity index (χ1) is 19.2. The molecule has 2 saturated heterocycles. The van der Waals surface area contributed by atoms with Gasteiger partial charge in [0.05, 0.1) is 11.6 Å². The van der Waals surface area contributed by atoms with Crippen LogP contribution in [-0.4, -0.2) is 60.9 Å². The van der Waals surface area contributed by atoms with Crippen LogP contribution >= 0.6 is 11.6 Å². The molecule has 5 rings (SSSR count). The van der Waals surface area contributed by atoms with Crippen molar-refractivity contribution in [1.29, 1.82) is 0 Å². The summed E-state index contributed by atoms with van der Waals surface area (Å²) in [5.74, 6) is -0.695. The SMILES string of the molecule is CC(C)[C@H](N)c1cccc(F)c1N1CCN(C(=O)[C@@H]2CN(C(=O)c3ccccc3)C[C@H]2c2ccc(Cl)cc2)CC1. The predicted molar refractivity (Wildman–Crippen MR) is 157 cm³/mol. The Labute approximate surface area is 240 Å². The standard InChI is InChI=1S/C32H36ClFN4O2/c1-21(2)29(35)25-9-6-10-28(34)30(25)36-15-17-37(18-16-36)32(40)27-20-38(31(39)23-7-4-3-5-8-23)19-26(27)22-11-13-24(33)14-12-22/h3-14,21,26-27,29H,15-20,35H2,1-2H3/t26-,27+,29-/m0/s1. The summed E-state index contributed by atoms with van der Waals surface area (Å²) in [6.07, 6.45) is 0. The lowest BCUT2D eigenvalue weighted by Crippen LogP contribution is -2.51. The monoisotopic (exact) mass is 562 g/mol. The second kappa shape index (κ2) is 12.0. The molecule has 2 amide bonds. The van der Waals surface area contributed by atoms with Gasteiger partial charge >= 0.3 is 0 Å². The summed E-state index contributed by atoms with van der Waals surface area (Å²) in [5.41, 5.74) is 9.37. The lowest BCUT2D eigenvalue weighted by atomic mass is 9.88. The molecule has 0 saturated carbocycles. The molecule has 2 fully saturated rings. The summed E-state index contributed by atoms with van der Waals surface area (Å²) < 4.78 is 15.1. The van der Waals surface area contributed by atoms with E-state index in [-0.39, 0.29) is 41.4 Å². The van der Waals surface area contributed by atoms with Gasteiger partial charge in [-0.1, -0.05) is 67.9 Å². The predicted octanol–water partition coefficient (Wildman–Crippen LogP) is 5.34. The number of nitrogens with zero attached hydrogens (tertiary/aromatic N) is 3. The number of amides is 2. The Morgan fingerprint density at radius 1 is 0.875 bits per heavy atom. The second-order valence-corrected chi connectivity index (χ2v) is 11.5. The molecule has 2 N–H and O–H groups in total. The van der Waals surface area contributed by atoms with Crippen molar-refractivity contribution in [3.8, 4) is 0 Å². The number of carbonyl (C=O) groups is 2. The van der Waals surface area contributed by atoms with E-state index in [0.29, 0.717) is 55.5 Å². The normalized spacial score (nSPS) is 20.2. The number of nitrogens with two attached hydrogens (primary N) is 1. The fraction of sp³-hybridized carbons (Fsp3) is 0.375. The van der Waals surface area contributed by atoms with Crippen LogP contribution in [0.5, 0.6) is 0 Å². The maximum absolute atomic E-state index is 15.1. The minimum Gasteiger partial charge on any atom is -0.365 e. The van der Waals surface area contributed by atoms with Crippen molar-refractivity contribution in [2.45, 2.75) is 25.8 Å². The summed E-state index contributed by atoms with van der Waals surface area (Å²) in [6, 6.07) is 21.5. The Hall–Kier alpha value is -3.42. The molecule has 2 aliphatic heterocycles. The van der Waals surface area contributed by atoms with Crippen LogP contribution in [0, 0.1) is 17.7 Å². The highest BCUT2D eigenvalue weighted by Gasteiger charge is 2.43. The van der Waals surface area contributed by atoms with Crippen LogP contribution in [0.1, 0.15) is 47.3 Å². The van der Waals surface area contributed by atoms with Crippen LogP contribution in [-0.2, 0) is 4.79 Å². The Kier molecular flexibility index (Phi) is 8.43. The Bertz CT molecular complexity index is 1340. The van der Waals surface area contributed by atoms with Crippen LogP contribution < -0.4 is 10.6 Å². The number of hydrogen-bond donors (Lipinski definition) is 1. The van der Waals surface area contributed by atoms with Gasteiger partial charge in [-0.05, 0) is 47.4 Å². The molecule has 8 heteroatoms. The van der Waals surface area contributed by atoms with Crippen molar-refractivity contribution in [2.75, 3.05) is 44.2 Å². The van der Waals surface area contributed by atoms with Gasteiger partial charge in [0.2, 0.25) is 5.91 Å². The number of hydrogen-bond acceptors (Lipinski definition) is 4. The zero-order valence-corrected chi connectivity index (χ0v) is 23.7. The first kappa shape index (κ1) is 28.1. The highest BCUT2D eigenvalue weighted by atomic mass is 35.5. The van der Waals surface area contributed by atoms with Crippen molar-refractivity contribution < 1.29 is 14.0 Å². The fourth-order valence-electron chi connectivity index (χ4n) is 5.91. The van der Waals surface area contributed by atoms with Gasteiger partial charge in [-0.25, -0.2) is 4.39 Å². The molecule has 40 heavy (non-hydrogen) atoms. The Balaban J connectivity index is 1.34. The summed E-state index contributed by atoms with van der Waals surface area (Å²) in [5, 5.41) is 0.627. The second-order valence-electron chi connectivity index (χ2n) is 11.1. The largest absolute Gasteiger partial charge is 0.365 e. The number of piperazine rings is 1. The molecule has 0 aromatic heterocycles. The quantitative estimate of drug-likeness (QED) is 0.440. The van der Waals surface area contributed by atoms with Gasteiger partial charge in [0, 0.05) is 61.8 Å². The third-order valence-electron chi connectivity index (χ3n) is 8.25. The molecule has 0 spiro atoms. The molecule has 3 aromatic carbocycles. The fourth-order valence-corrected chi connectivity index (χ4v) is 6.04. The first-order valence-electron chi connectivity index (χ1n) is 13.9. The summed E-state index contributed by atoms with van der Waals surface area (Å²) >= 11 is 6.14. The van der Waals surface area contributed by atoms with Crippen molar-refractivity contribution >= 4 is 29.1 Å². The number of rotatable bonds is 6. The molecular weight excluding hydrogens is 527 g/mol. The average Bonchev–Trinajstić information content (AvgIpc) is 3.42. The topological polar surface area (TPSA) is 69.9 Å². The minimum atomic E-state index is -0.376. The maximum atomic E-state index is 15.1. The van der Waals surface area contributed by atoms with Gasteiger partial charge in [-0.15, -0.1) is 0 Å². The third kappa shape index (κ3) is 5.72. The lowest BCUT2D eigenvalue weighted by Gasteiger charge is -2.39. The Morgan fingerprint density at radius 3 is 2.20 bits per heavy atom. The molecule has 0 aliphatic carbocycles. The number of para-hydroxylation sites is 1. The lowest BCUT2D eigenvalue weighted by molar-refractivity contribution is -0.135. The van der Waals surface area contributed by atoms with Crippen molar-refractivity contribution in [3.63, 3.8) is 0 Å². The van der Waals surface area contributed by atoms with E-state index >= 15 is 4.39 Å². The molecule has 0 unspecified atom stereocenters. The first-order valence-corrected chi connectivity index (χ1v) is 14.3. The number of carbonyl (C=O) groups excluding carboxylic acids is 2. The van der Waals surface area contributed by atoms with Gasteiger partial charge in [0.15, 0.2) is 0 Å².